The van der Waals surface area contributed by atoms with E-state index in [0.717, 1.165) is 0 Å². The minimum Gasteiger partial charge on any atom is -0.445 e. The zero-order chi connectivity index (χ0) is 18.6. The standard InChI is InChI=1S/C12H12F5NO5S/c13-11(14,15)10(12(16,17)24(20,21)22)23-9(19)6-7-18-8-4-2-1-3-5-8/h1-5,10,18H,6-7H2,(H,20,21,22). The van der Waals surface area contributed by atoms with Crippen LogP contribution in [0.1, 0.15) is 6.42 Å². The SMILES string of the molecule is O=C(CCNc1ccccc1)OC(C(F)(F)F)C(F)(F)S(=O)(=O)O. The molecule has 0 aliphatic heterocycles. The first-order valence-electron chi connectivity index (χ1n) is 6.25. The van der Waals surface area contributed by atoms with Crippen LogP contribution in [0.25, 0.3) is 0 Å². The first-order chi connectivity index (χ1) is 10.9. The molecule has 0 amide bonds. The molecule has 12 heteroatoms. The fraction of sp³-hybridized carbons (Fsp3) is 0.417. The van der Waals surface area contributed by atoms with Gasteiger partial charge in [0.2, 0.25) is 0 Å². The van der Waals surface area contributed by atoms with Gasteiger partial charge in [-0.1, -0.05) is 18.2 Å². The summed E-state index contributed by atoms with van der Waals surface area (Å²) in [7, 11) is -6.44. The summed E-state index contributed by atoms with van der Waals surface area (Å²) in [6.07, 6.45) is -11.0. The Morgan fingerprint density at radius 1 is 1.17 bits per heavy atom. The molecule has 2 N–H and O–H groups in total. The number of ether oxygens (including phenoxy) is 1. The third-order valence-electron chi connectivity index (χ3n) is 2.63. The van der Waals surface area contributed by atoms with Crippen LogP contribution in [0.5, 0.6) is 0 Å². The second kappa shape index (κ2) is 7.30. The fourth-order valence-corrected chi connectivity index (χ4v) is 1.97. The zero-order valence-electron chi connectivity index (χ0n) is 11.8. The highest BCUT2D eigenvalue weighted by Crippen LogP contribution is 2.38. The number of carbonyl (C=O) groups excluding carboxylic acids is 1. The van der Waals surface area contributed by atoms with E-state index in [2.05, 4.69) is 10.1 Å². The van der Waals surface area contributed by atoms with Crippen LogP contribution in [0.2, 0.25) is 0 Å². The molecular weight excluding hydrogens is 365 g/mol. The lowest BCUT2D eigenvalue weighted by Crippen LogP contribution is -2.52. The number of nitrogens with one attached hydrogen (secondary N) is 1. The van der Waals surface area contributed by atoms with E-state index in [4.69, 9.17) is 4.55 Å². The topological polar surface area (TPSA) is 92.7 Å². The molecule has 1 aromatic carbocycles. The highest BCUT2D eigenvalue weighted by Gasteiger charge is 2.65. The summed E-state index contributed by atoms with van der Waals surface area (Å²) in [5, 5.41) is -3.11. The maximum absolute atomic E-state index is 13.2. The number of para-hydroxylation sites is 1. The van der Waals surface area contributed by atoms with Gasteiger partial charge in [-0.15, -0.1) is 0 Å². The van der Waals surface area contributed by atoms with Crippen LogP contribution >= 0.6 is 0 Å². The third kappa shape index (κ3) is 5.30. The van der Waals surface area contributed by atoms with E-state index in [0.29, 0.717) is 5.69 Å². The van der Waals surface area contributed by atoms with Gasteiger partial charge < -0.3 is 10.1 Å². The summed E-state index contributed by atoms with van der Waals surface area (Å²) >= 11 is 0. The van der Waals surface area contributed by atoms with Gasteiger partial charge >= 0.3 is 27.5 Å². The Hall–Kier alpha value is -1.95. The van der Waals surface area contributed by atoms with Crippen molar-refractivity contribution in [2.24, 2.45) is 0 Å². The fourth-order valence-electron chi connectivity index (χ4n) is 1.52. The number of hydrogen-bond acceptors (Lipinski definition) is 5. The average Bonchev–Trinajstić information content (AvgIpc) is 2.43. The zero-order valence-corrected chi connectivity index (χ0v) is 12.6. The Kier molecular flexibility index (Phi) is 6.11. The maximum atomic E-state index is 13.2. The van der Waals surface area contributed by atoms with Gasteiger partial charge in [-0.3, -0.25) is 9.35 Å². The normalized spacial score (nSPS) is 14.1. The molecule has 0 fully saturated rings. The molecule has 0 bridgehead atoms. The molecule has 1 unspecified atom stereocenters. The van der Waals surface area contributed by atoms with Gasteiger partial charge in [-0.2, -0.15) is 30.4 Å². The van der Waals surface area contributed by atoms with E-state index in [1.165, 1.54) is 0 Å². The molecule has 0 aliphatic rings. The Bertz CT molecular complexity index is 662. The van der Waals surface area contributed by atoms with Crippen molar-refractivity contribution in [3.8, 4) is 0 Å². The van der Waals surface area contributed by atoms with Gasteiger partial charge in [0.25, 0.3) is 6.10 Å². The molecule has 0 radical (unpaired) electrons. The molecule has 24 heavy (non-hydrogen) atoms. The molecule has 6 nitrogen and oxygen atoms in total. The van der Waals surface area contributed by atoms with Crippen LogP contribution in [0.15, 0.2) is 30.3 Å². The van der Waals surface area contributed by atoms with Gasteiger partial charge in [0, 0.05) is 12.2 Å². The van der Waals surface area contributed by atoms with E-state index in [1.807, 2.05) is 0 Å². The minimum absolute atomic E-state index is 0.245. The van der Waals surface area contributed by atoms with Crippen LogP contribution in [-0.2, 0) is 19.6 Å². The number of rotatable bonds is 7. The lowest BCUT2D eigenvalue weighted by molar-refractivity contribution is -0.259. The summed E-state index contributed by atoms with van der Waals surface area (Å²) in [4.78, 5) is 11.3. The summed E-state index contributed by atoms with van der Waals surface area (Å²) in [5.41, 5.74) is 0.515. The van der Waals surface area contributed by atoms with Crippen molar-refractivity contribution in [2.45, 2.75) is 24.0 Å². The molecule has 0 saturated carbocycles. The number of carbonyl (C=O) groups is 1. The predicted octanol–water partition coefficient (Wildman–Crippen LogP) is 2.44. The first kappa shape index (κ1) is 20.1. The monoisotopic (exact) mass is 377 g/mol. The van der Waals surface area contributed by atoms with Gasteiger partial charge in [0.1, 0.15) is 0 Å². The predicted molar refractivity (Wildman–Crippen MR) is 72.0 cm³/mol. The summed E-state index contributed by atoms with van der Waals surface area (Å²) in [5.74, 6) is -1.72. The van der Waals surface area contributed by atoms with Crippen molar-refractivity contribution < 1.29 is 44.5 Å². The minimum atomic E-state index is -6.44. The Labute approximate surface area is 133 Å². The van der Waals surface area contributed by atoms with Crippen LogP contribution in [-0.4, -0.2) is 43.0 Å². The molecular formula is C12H12F5NO5S. The van der Waals surface area contributed by atoms with Crippen molar-refractivity contribution in [1.29, 1.82) is 0 Å². The average molecular weight is 377 g/mol. The van der Waals surface area contributed by atoms with E-state index in [9.17, 15) is 35.2 Å². The largest absolute Gasteiger partial charge is 0.445 e. The second-order valence-corrected chi connectivity index (χ2v) is 5.99. The highest BCUT2D eigenvalue weighted by atomic mass is 32.2. The molecule has 0 heterocycles. The lowest BCUT2D eigenvalue weighted by Gasteiger charge is -2.26. The van der Waals surface area contributed by atoms with E-state index in [1.54, 1.807) is 30.3 Å². The number of anilines is 1. The summed E-state index contributed by atoms with van der Waals surface area (Å²) in [6, 6.07) is 8.11. The highest BCUT2D eigenvalue weighted by molar-refractivity contribution is 7.86. The van der Waals surface area contributed by atoms with E-state index < -0.39 is 40.0 Å². The van der Waals surface area contributed by atoms with Gasteiger partial charge in [0.05, 0.1) is 6.42 Å². The van der Waals surface area contributed by atoms with Crippen molar-refractivity contribution in [2.75, 3.05) is 11.9 Å². The molecule has 0 saturated heterocycles. The summed E-state index contributed by atoms with van der Waals surface area (Å²) in [6.45, 7) is -0.245. The quantitative estimate of drug-likeness (QED) is 0.431. The number of benzene rings is 1. The van der Waals surface area contributed by atoms with Crippen LogP contribution < -0.4 is 5.32 Å². The molecule has 1 atom stereocenters. The number of hydrogen-bond donors (Lipinski definition) is 2. The molecule has 0 aromatic heterocycles. The van der Waals surface area contributed by atoms with Gasteiger partial charge in [-0.25, -0.2) is 0 Å². The van der Waals surface area contributed by atoms with Crippen LogP contribution in [0.3, 0.4) is 0 Å². The lowest BCUT2D eigenvalue weighted by atomic mass is 10.3. The number of esters is 1. The number of halogens is 5. The Morgan fingerprint density at radius 3 is 2.17 bits per heavy atom. The van der Waals surface area contributed by atoms with Gasteiger partial charge in [-0.05, 0) is 12.1 Å². The smallest absolute Gasteiger partial charge is 0.432 e. The molecule has 0 aliphatic carbocycles. The van der Waals surface area contributed by atoms with Crippen molar-refractivity contribution in [3.63, 3.8) is 0 Å². The summed E-state index contributed by atoms with van der Waals surface area (Å²) < 4.78 is 96.6. The molecule has 136 valence electrons. The Balaban J connectivity index is 2.72. The second-order valence-electron chi connectivity index (χ2n) is 4.49. The molecule has 1 aromatic rings. The van der Waals surface area contributed by atoms with Crippen LogP contribution in [0, 0.1) is 0 Å². The first-order valence-corrected chi connectivity index (χ1v) is 7.69. The van der Waals surface area contributed by atoms with Crippen molar-refractivity contribution >= 4 is 21.8 Å². The third-order valence-corrected chi connectivity index (χ3v) is 3.53. The van der Waals surface area contributed by atoms with Crippen LogP contribution in [0.4, 0.5) is 27.6 Å². The van der Waals surface area contributed by atoms with E-state index in [-0.39, 0.29) is 6.54 Å². The van der Waals surface area contributed by atoms with Crippen molar-refractivity contribution in [3.05, 3.63) is 30.3 Å². The van der Waals surface area contributed by atoms with E-state index >= 15 is 0 Å². The van der Waals surface area contributed by atoms with Gasteiger partial charge in [0.15, 0.2) is 0 Å². The Morgan fingerprint density at radius 2 is 1.71 bits per heavy atom. The number of alkyl halides is 5. The molecule has 1 rings (SSSR count). The maximum Gasteiger partial charge on any atom is 0.432 e. The van der Waals surface area contributed by atoms with Crippen molar-refractivity contribution in [1.82, 2.24) is 0 Å². The molecule has 0 spiro atoms.